The molecule has 0 aliphatic carbocycles. The van der Waals surface area contributed by atoms with Gasteiger partial charge in [0, 0.05) is 46.7 Å². The Morgan fingerprint density at radius 3 is 2.65 bits per heavy atom. The van der Waals surface area contributed by atoms with Gasteiger partial charge in [-0.05, 0) is 33.0 Å². The van der Waals surface area contributed by atoms with Crippen molar-refractivity contribution in [3.8, 4) is 0 Å². The molecule has 0 saturated carbocycles. The number of hydrogen-bond acceptors (Lipinski definition) is 5. The molecule has 9 nitrogen and oxygen atoms in total. The van der Waals surface area contributed by atoms with E-state index in [1.165, 1.54) is 14.1 Å². The fourth-order valence-electron chi connectivity index (χ4n) is 3.04. The third-order valence-electron chi connectivity index (χ3n) is 4.55. The van der Waals surface area contributed by atoms with Crippen molar-refractivity contribution in [3.05, 3.63) is 17.5 Å². The van der Waals surface area contributed by atoms with Crippen LogP contribution in [-0.2, 0) is 28.6 Å². The highest BCUT2D eigenvalue weighted by molar-refractivity contribution is 7.87. The third kappa shape index (κ3) is 5.26. The highest BCUT2D eigenvalue weighted by Crippen LogP contribution is 2.26. The molecule has 0 spiro atoms. The van der Waals surface area contributed by atoms with Gasteiger partial charge in [0.05, 0.1) is 17.9 Å². The lowest BCUT2D eigenvalue weighted by Gasteiger charge is -2.32. The van der Waals surface area contributed by atoms with Crippen molar-refractivity contribution >= 4 is 16.1 Å². The van der Waals surface area contributed by atoms with Gasteiger partial charge in [-0.25, -0.2) is 0 Å². The topological polar surface area (TPSA) is 90.8 Å². The molecule has 1 aliphatic rings. The molecule has 1 fully saturated rings. The standard InChI is InChI=1S/C16H30N6O3S/c1-19(2)12-14-9-15(18-21(14)5)13-7-6-8-22(11-13)16(23)10-17-26(24,25)20(3)4/h9,13,17H,6-8,10-12H2,1-5H3/t13-/m0/s1. The van der Waals surface area contributed by atoms with Gasteiger partial charge in [0.25, 0.3) is 10.2 Å². The quantitative estimate of drug-likeness (QED) is 0.688. The molecule has 1 N–H and O–H groups in total. The molecule has 0 unspecified atom stereocenters. The van der Waals surface area contributed by atoms with Crippen LogP contribution in [0.3, 0.4) is 0 Å². The summed E-state index contributed by atoms with van der Waals surface area (Å²) in [5, 5.41) is 4.62. The molecule has 0 radical (unpaired) electrons. The molecule has 1 amide bonds. The Morgan fingerprint density at radius 1 is 1.35 bits per heavy atom. The Kier molecular flexibility index (Phi) is 6.78. The average molecular weight is 387 g/mol. The third-order valence-corrected chi connectivity index (χ3v) is 6.02. The van der Waals surface area contributed by atoms with Crippen LogP contribution in [0.4, 0.5) is 0 Å². The van der Waals surface area contributed by atoms with Crippen LogP contribution in [0.5, 0.6) is 0 Å². The number of amides is 1. The number of aromatic nitrogens is 2. The number of nitrogens with zero attached hydrogens (tertiary/aromatic N) is 5. The maximum atomic E-state index is 12.4. The largest absolute Gasteiger partial charge is 0.341 e. The summed E-state index contributed by atoms with van der Waals surface area (Å²) >= 11 is 0. The van der Waals surface area contributed by atoms with E-state index in [2.05, 4.69) is 20.8 Å². The summed E-state index contributed by atoms with van der Waals surface area (Å²) in [4.78, 5) is 16.2. The van der Waals surface area contributed by atoms with E-state index in [9.17, 15) is 13.2 Å². The molecule has 1 saturated heterocycles. The van der Waals surface area contributed by atoms with Crippen LogP contribution in [0.1, 0.15) is 30.1 Å². The zero-order valence-electron chi connectivity index (χ0n) is 16.3. The lowest BCUT2D eigenvalue weighted by molar-refractivity contribution is -0.131. The van der Waals surface area contributed by atoms with E-state index in [0.29, 0.717) is 13.1 Å². The second-order valence-electron chi connectivity index (χ2n) is 7.21. The van der Waals surface area contributed by atoms with Crippen molar-refractivity contribution in [2.24, 2.45) is 7.05 Å². The van der Waals surface area contributed by atoms with E-state index in [4.69, 9.17) is 0 Å². The minimum atomic E-state index is -3.60. The van der Waals surface area contributed by atoms with Crippen molar-refractivity contribution in [1.82, 2.24) is 28.6 Å². The summed E-state index contributed by atoms with van der Waals surface area (Å²) in [6.07, 6.45) is 1.86. The van der Waals surface area contributed by atoms with Crippen molar-refractivity contribution in [3.63, 3.8) is 0 Å². The van der Waals surface area contributed by atoms with Crippen LogP contribution in [0.15, 0.2) is 6.07 Å². The van der Waals surface area contributed by atoms with E-state index in [0.717, 1.165) is 35.1 Å². The van der Waals surface area contributed by atoms with Crippen molar-refractivity contribution in [1.29, 1.82) is 0 Å². The SMILES string of the molecule is CN(C)Cc1cc([C@H]2CCCN(C(=O)CNS(=O)(=O)N(C)C)C2)nn1C. The van der Waals surface area contributed by atoms with Gasteiger partial charge in [0.15, 0.2) is 0 Å². The van der Waals surface area contributed by atoms with Crippen LogP contribution < -0.4 is 4.72 Å². The highest BCUT2D eigenvalue weighted by atomic mass is 32.2. The van der Waals surface area contributed by atoms with E-state index >= 15 is 0 Å². The second-order valence-corrected chi connectivity index (χ2v) is 9.18. The van der Waals surface area contributed by atoms with E-state index in [1.54, 1.807) is 4.90 Å². The van der Waals surface area contributed by atoms with Gasteiger partial charge in [0.1, 0.15) is 0 Å². The van der Waals surface area contributed by atoms with E-state index in [-0.39, 0.29) is 18.4 Å². The molecule has 148 valence electrons. The van der Waals surface area contributed by atoms with Gasteiger partial charge in [-0.15, -0.1) is 0 Å². The summed E-state index contributed by atoms with van der Waals surface area (Å²) in [6, 6.07) is 2.10. The van der Waals surface area contributed by atoms with Crippen molar-refractivity contribution in [2.45, 2.75) is 25.3 Å². The average Bonchev–Trinajstić information content (AvgIpc) is 2.93. The van der Waals surface area contributed by atoms with Crippen LogP contribution in [0.2, 0.25) is 0 Å². The predicted molar refractivity (Wildman–Crippen MR) is 99.8 cm³/mol. The van der Waals surface area contributed by atoms with Gasteiger partial charge in [0.2, 0.25) is 5.91 Å². The number of piperidine rings is 1. The summed E-state index contributed by atoms with van der Waals surface area (Å²) in [5.41, 5.74) is 2.13. The monoisotopic (exact) mass is 386 g/mol. The Labute approximate surface area is 156 Å². The maximum absolute atomic E-state index is 12.4. The maximum Gasteiger partial charge on any atom is 0.279 e. The smallest absolute Gasteiger partial charge is 0.279 e. The molecular weight excluding hydrogens is 356 g/mol. The highest BCUT2D eigenvalue weighted by Gasteiger charge is 2.27. The van der Waals surface area contributed by atoms with E-state index < -0.39 is 10.2 Å². The van der Waals surface area contributed by atoms with Crippen LogP contribution in [0, 0.1) is 0 Å². The van der Waals surface area contributed by atoms with Gasteiger partial charge in [-0.1, -0.05) is 0 Å². The zero-order valence-corrected chi connectivity index (χ0v) is 17.1. The number of carbonyl (C=O) groups excluding carboxylic acids is 1. The minimum Gasteiger partial charge on any atom is -0.341 e. The second kappa shape index (κ2) is 8.47. The number of carbonyl (C=O) groups is 1. The molecule has 2 rings (SSSR count). The van der Waals surface area contributed by atoms with Crippen LogP contribution in [-0.4, -0.2) is 86.0 Å². The number of nitrogens with one attached hydrogen (secondary N) is 1. The number of likely N-dealkylation sites (tertiary alicyclic amines) is 1. The fraction of sp³-hybridized carbons (Fsp3) is 0.750. The lowest BCUT2D eigenvalue weighted by Crippen LogP contribution is -2.46. The van der Waals surface area contributed by atoms with Crippen LogP contribution in [0.25, 0.3) is 0 Å². The van der Waals surface area contributed by atoms with Gasteiger partial charge >= 0.3 is 0 Å². The molecule has 0 bridgehead atoms. The van der Waals surface area contributed by atoms with Crippen molar-refractivity contribution < 1.29 is 13.2 Å². The predicted octanol–water partition coefficient (Wildman–Crippen LogP) is -0.416. The summed E-state index contributed by atoms with van der Waals surface area (Å²) in [5.74, 6) is -0.0233. The number of aryl methyl sites for hydroxylation is 1. The molecule has 0 aromatic carbocycles. The Bertz CT molecular complexity index is 728. The molecule has 1 aromatic heterocycles. The first-order chi connectivity index (χ1) is 12.1. The lowest BCUT2D eigenvalue weighted by atomic mass is 9.94. The first kappa shape index (κ1) is 20.8. The normalized spacial score (nSPS) is 18.7. The van der Waals surface area contributed by atoms with Gasteiger partial charge < -0.3 is 9.80 Å². The summed E-state index contributed by atoms with van der Waals surface area (Å²) in [7, 11) is 5.22. The summed E-state index contributed by atoms with van der Waals surface area (Å²) in [6.45, 7) is 1.81. The molecule has 26 heavy (non-hydrogen) atoms. The molecule has 1 aliphatic heterocycles. The Morgan fingerprint density at radius 2 is 2.04 bits per heavy atom. The van der Waals surface area contributed by atoms with Crippen molar-refractivity contribution in [2.75, 3.05) is 47.8 Å². The number of rotatable bonds is 7. The van der Waals surface area contributed by atoms with Crippen LogP contribution >= 0.6 is 0 Å². The summed E-state index contributed by atoms with van der Waals surface area (Å²) < 4.78 is 28.8. The minimum absolute atomic E-state index is 0.181. The van der Waals surface area contributed by atoms with Gasteiger partial charge in [-0.3, -0.25) is 9.48 Å². The van der Waals surface area contributed by atoms with E-state index in [1.807, 2.05) is 25.8 Å². The zero-order chi connectivity index (χ0) is 19.5. The number of hydrogen-bond donors (Lipinski definition) is 1. The molecule has 10 heteroatoms. The fourth-order valence-corrected chi connectivity index (χ4v) is 3.60. The first-order valence-corrected chi connectivity index (χ1v) is 10.2. The van der Waals surface area contributed by atoms with Gasteiger partial charge in [-0.2, -0.15) is 22.5 Å². The Hall–Kier alpha value is -1.49. The molecular formula is C16H30N6O3S. The molecule has 2 heterocycles. The Balaban J connectivity index is 1.99. The molecule has 1 aromatic rings. The molecule has 1 atom stereocenters. The first-order valence-electron chi connectivity index (χ1n) is 8.72.